The Morgan fingerprint density at radius 1 is 1.15 bits per heavy atom. The number of rotatable bonds is 9. The third kappa shape index (κ3) is 5.56. The van der Waals surface area contributed by atoms with Crippen molar-refractivity contribution in [3.05, 3.63) is 58.9 Å². The first-order valence-electron chi connectivity index (χ1n) is 13.6. The lowest BCUT2D eigenvalue weighted by Crippen LogP contribution is -2.44. The summed E-state index contributed by atoms with van der Waals surface area (Å²) < 4.78 is 67.2. The van der Waals surface area contributed by atoms with E-state index in [1.165, 1.54) is 30.0 Å². The van der Waals surface area contributed by atoms with Gasteiger partial charge in [-0.2, -0.15) is 5.26 Å². The van der Waals surface area contributed by atoms with Crippen LogP contribution in [-0.4, -0.2) is 83.9 Å². The Bertz CT molecular complexity index is 1190. The average molecular weight is 567 g/mol. The third-order valence-electron chi connectivity index (χ3n) is 8.52. The molecule has 0 saturated carbocycles. The molecule has 3 fully saturated rings. The first-order chi connectivity index (χ1) is 19.2. The van der Waals surface area contributed by atoms with Crippen molar-refractivity contribution in [1.82, 2.24) is 15.1 Å². The van der Waals surface area contributed by atoms with Crippen LogP contribution in [-0.2, 0) is 9.47 Å². The van der Waals surface area contributed by atoms with E-state index in [1.54, 1.807) is 0 Å². The molecule has 7 atom stereocenters. The molecule has 3 heterocycles. The molecule has 3 aliphatic heterocycles. The molecule has 0 bridgehead atoms. The largest absolute Gasteiger partial charge is 0.394 e. The van der Waals surface area contributed by atoms with Gasteiger partial charge in [0, 0.05) is 5.92 Å². The zero-order valence-electron chi connectivity index (χ0n) is 22.1. The topological polar surface area (TPSA) is 105 Å². The van der Waals surface area contributed by atoms with Crippen molar-refractivity contribution in [2.24, 2.45) is 11.3 Å². The summed E-state index contributed by atoms with van der Waals surface area (Å²) >= 11 is 0. The number of benzene rings is 1. The number of nitriles is 1. The zero-order valence-corrected chi connectivity index (χ0v) is 22.1. The first-order valence-corrected chi connectivity index (χ1v) is 13.6. The van der Waals surface area contributed by atoms with Gasteiger partial charge in [0.25, 0.3) is 0 Å². The number of alkyl halides is 1. The lowest BCUT2D eigenvalue weighted by Gasteiger charge is -2.41. The second-order valence-electron chi connectivity index (χ2n) is 10.9. The number of allylic oxidation sites excluding steroid dienone is 4. The summed E-state index contributed by atoms with van der Waals surface area (Å²) in [5, 5.41) is 33.4. The van der Waals surface area contributed by atoms with Crippen molar-refractivity contribution in [2.45, 2.75) is 63.4 Å². The van der Waals surface area contributed by atoms with Gasteiger partial charge in [-0.15, -0.1) is 0 Å². The van der Waals surface area contributed by atoms with E-state index in [0.29, 0.717) is 43.6 Å². The molecule has 218 valence electrons. The van der Waals surface area contributed by atoms with Gasteiger partial charge in [-0.05, 0) is 74.8 Å². The Balaban J connectivity index is 1.10. The van der Waals surface area contributed by atoms with E-state index in [0.717, 1.165) is 25.1 Å². The predicted octanol–water partition coefficient (Wildman–Crippen LogP) is 3.01. The van der Waals surface area contributed by atoms with Crippen LogP contribution in [0.3, 0.4) is 0 Å². The molecule has 3 saturated heterocycles. The number of halogens is 4. The number of piperidine rings is 1. The number of hydrogen-bond donors (Lipinski definition) is 3. The number of ether oxygens (including phenoxy) is 2. The minimum atomic E-state index is -1.50. The lowest BCUT2D eigenvalue weighted by atomic mass is 9.69. The fourth-order valence-corrected chi connectivity index (χ4v) is 6.04. The molecule has 1 aromatic rings. The summed E-state index contributed by atoms with van der Waals surface area (Å²) in [4.78, 5) is 3.69. The predicted molar refractivity (Wildman–Crippen MR) is 135 cm³/mol. The molecular weight excluding hydrogens is 532 g/mol. The number of hydrogen-bond acceptors (Lipinski definition) is 8. The monoisotopic (exact) mass is 566 g/mol. The van der Waals surface area contributed by atoms with Crippen molar-refractivity contribution in [3.8, 4) is 6.07 Å². The van der Waals surface area contributed by atoms with Crippen LogP contribution in [0.15, 0.2) is 41.8 Å². The molecule has 40 heavy (non-hydrogen) atoms. The Morgan fingerprint density at radius 2 is 1.90 bits per heavy atom. The van der Waals surface area contributed by atoms with Crippen molar-refractivity contribution in [3.63, 3.8) is 0 Å². The molecule has 12 heteroatoms. The summed E-state index contributed by atoms with van der Waals surface area (Å²) in [6.45, 7) is 3.64. The standard InChI is InChI=1S/C28H34F4N4O4/c1-16-19(29)6-4-18(23(16)32)28(15-33)7-11-35(12-8-28)10-2-9-34-25-26(40-25)36-24(22(14-37)39-27(36)38)17-3-5-20(30)21(31)13-17/h3-6,13,16,22-27,34,37-38H,2,7-12,14H2,1H3/t16?,22-,23?,24?,25?,26?,27?/m0/s1. The van der Waals surface area contributed by atoms with Crippen molar-refractivity contribution >= 4 is 0 Å². The van der Waals surface area contributed by atoms with Gasteiger partial charge >= 0.3 is 0 Å². The lowest BCUT2D eigenvalue weighted by molar-refractivity contribution is -0.164. The molecule has 1 aromatic carbocycles. The van der Waals surface area contributed by atoms with Crippen molar-refractivity contribution in [1.29, 1.82) is 5.26 Å². The minimum Gasteiger partial charge on any atom is -0.394 e. The smallest absolute Gasteiger partial charge is 0.219 e. The maximum Gasteiger partial charge on any atom is 0.219 e. The van der Waals surface area contributed by atoms with Crippen LogP contribution in [0, 0.1) is 34.3 Å². The van der Waals surface area contributed by atoms with Crippen LogP contribution in [0.5, 0.6) is 0 Å². The number of epoxide rings is 1. The Kier molecular flexibility index (Phi) is 8.63. The maximum absolute atomic E-state index is 14.9. The molecule has 6 unspecified atom stereocenters. The fraction of sp³-hybridized carbons (Fsp3) is 0.607. The van der Waals surface area contributed by atoms with E-state index < -0.39 is 72.6 Å². The van der Waals surface area contributed by atoms with Gasteiger partial charge in [-0.25, -0.2) is 22.5 Å². The van der Waals surface area contributed by atoms with E-state index in [1.807, 2.05) is 0 Å². The highest BCUT2D eigenvalue weighted by Gasteiger charge is 2.55. The quantitative estimate of drug-likeness (QED) is 0.238. The number of nitrogens with one attached hydrogen (secondary N) is 1. The van der Waals surface area contributed by atoms with E-state index in [9.17, 15) is 33.0 Å². The molecule has 1 aliphatic carbocycles. The number of aliphatic hydroxyl groups excluding tert-OH is 2. The summed E-state index contributed by atoms with van der Waals surface area (Å²) in [5.41, 5.74) is -0.203. The molecule has 8 nitrogen and oxygen atoms in total. The van der Waals surface area contributed by atoms with Crippen LogP contribution in [0.2, 0.25) is 0 Å². The molecule has 0 spiro atoms. The SMILES string of the molecule is CC1C(F)=CC=C(C2(C#N)CCN(CCCNC3OC3N3C(O)O[C@@H](CO)C3c3ccc(F)c(F)c3)CC2)C1F. The number of nitrogens with zero attached hydrogens (tertiary/aromatic N) is 3. The van der Waals surface area contributed by atoms with E-state index in [-0.39, 0.29) is 0 Å². The van der Waals surface area contributed by atoms with Crippen molar-refractivity contribution < 1.29 is 37.2 Å². The third-order valence-corrected chi connectivity index (χ3v) is 8.52. The van der Waals surface area contributed by atoms with Crippen LogP contribution in [0.4, 0.5) is 17.6 Å². The molecule has 5 rings (SSSR count). The van der Waals surface area contributed by atoms with E-state index >= 15 is 0 Å². The minimum absolute atomic E-state index is 0.348. The summed E-state index contributed by atoms with van der Waals surface area (Å²) in [7, 11) is 0. The van der Waals surface area contributed by atoms with Crippen LogP contribution in [0.25, 0.3) is 0 Å². The fourth-order valence-electron chi connectivity index (χ4n) is 6.04. The highest BCUT2D eigenvalue weighted by Crippen LogP contribution is 2.45. The molecular formula is C28H34F4N4O4. The summed E-state index contributed by atoms with van der Waals surface area (Å²) in [6, 6.07) is 4.99. The Morgan fingerprint density at radius 3 is 2.58 bits per heavy atom. The van der Waals surface area contributed by atoms with Crippen molar-refractivity contribution in [2.75, 3.05) is 32.8 Å². The highest BCUT2D eigenvalue weighted by atomic mass is 19.2. The highest BCUT2D eigenvalue weighted by molar-refractivity contribution is 5.37. The van der Waals surface area contributed by atoms with E-state index in [4.69, 9.17) is 9.47 Å². The molecule has 0 aromatic heterocycles. The van der Waals surface area contributed by atoms with Gasteiger partial charge in [-0.1, -0.05) is 19.1 Å². The summed E-state index contributed by atoms with van der Waals surface area (Å²) in [5.74, 6) is -3.41. The van der Waals surface area contributed by atoms with Gasteiger partial charge in [0.2, 0.25) is 6.41 Å². The van der Waals surface area contributed by atoms with Gasteiger partial charge in [0.1, 0.15) is 18.1 Å². The van der Waals surface area contributed by atoms with Crippen LogP contribution >= 0.6 is 0 Å². The second-order valence-corrected chi connectivity index (χ2v) is 10.9. The molecule has 3 N–H and O–H groups in total. The molecule has 0 amide bonds. The van der Waals surface area contributed by atoms with Crippen LogP contribution < -0.4 is 5.32 Å². The number of likely N-dealkylation sites (tertiary alicyclic amines) is 1. The number of aliphatic hydroxyl groups is 2. The average Bonchev–Trinajstić information content (AvgIpc) is 3.64. The van der Waals surface area contributed by atoms with E-state index in [2.05, 4.69) is 16.3 Å². The maximum atomic E-state index is 14.9. The zero-order chi connectivity index (χ0) is 28.6. The Hall–Kier alpha value is -2.37. The normalized spacial score (nSPS) is 34.3. The molecule has 0 radical (unpaired) electrons. The van der Waals surface area contributed by atoms with Gasteiger partial charge in [-0.3, -0.25) is 5.32 Å². The second kappa shape index (κ2) is 11.9. The summed E-state index contributed by atoms with van der Waals surface area (Å²) in [6.07, 6.45) is -0.321. The van der Waals surface area contributed by atoms with Gasteiger partial charge < -0.3 is 24.6 Å². The molecule has 4 aliphatic rings. The van der Waals surface area contributed by atoms with Gasteiger partial charge in [0.05, 0.1) is 24.1 Å². The van der Waals surface area contributed by atoms with Crippen LogP contribution in [0.1, 0.15) is 37.8 Å². The first kappa shape index (κ1) is 29.1. The van der Waals surface area contributed by atoms with Gasteiger partial charge in [0.15, 0.2) is 24.1 Å². The Labute approximate surface area is 230 Å².